The lowest BCUT2D eigenvalue weighted by Crippen LogP contribution is -2.35. The Labute approximate surface area is 198 Å². The van der Waals surface area contributed by atoms with Gasteiger partial charge in [0.1, 0.15) is 11.0 Å². The highest BCUT2D eigenvalue weighted by molar-refractivity contribution is 7.99. The summed E-state index contributed by atoms with van der Waals surface area (Å²) in [5.41, 5.74) is 2.37. The minimum absolute atomic E-state index is 0.185. The molecule has 33 heavy (non-hydrogen) atoms. The highest BCUT2D eigenvalue weighted by Crippen LogP contribution is 2.40. The van der Waals surface area contributed by atoms with Gasteiger partial charge in [-0.05, 0) is 62.0 Å². The van der Waals surface area contributed by atoms with Gasteiger partial charge in [0.2, 0.25) is 5.89 Å². The van der Waals surface area contributed by atoms with Crippen molar-refractivity contribution in [2.24, 2.45) is 0 Å². The standard InChI is InChI=1S/C25H30N4O3S/c1-2-33-23(20-7-3-4-8-21(20)30)24-27-17-22(32-24)18-9-11-19(12-10-18)28-25(31)26-13-16-29-14-5-6-15-29/h3-4,7-12,17,23,30H,2,5-6,13-16H2,1H3,(H2,26,28,31). The van der Waals surface area contributed by atoms with E-state index in [9.17, 15) is 9.90 Å². The lowest BCUT2D eigenvalue weighted by molar-refractivity contribution is 0.249. The lowest BCUT2D eigenvalue weighted by Gasteiger charge is -2.15. The molecule has 1 fully saturated rings. The van der Waals surface area contributed by atoms with Crippen molar-refractivity contribution in [2.45, 2.75) is 25.0 Å². The first-order chi connectivity index (χ1) is 16.1. The monoisotopic (exact) mass is 466 g/mol. The summed E-state index contributed by atoms with van der Waals surface area (Å²) in [6, 6.07) is 14.6. The van der Waals surface area contributed by atoms with Gasteiger partial charge in [0, 0.05) is 29.9 Å². The second-order valence-corrected chi connectivity index (χ2v) is 9.35. The van der Waals surface area contributed by atoms with Gasteiger partial charge in [-0.25, -0.2) is 9.78 Å². The number of urea groups is 1. The van der Waals surface area contributed by atoms with Gasteiger partial charge in [0.15, 0.2) is 5.76 Å². The molecule has 3 N–H and O–H groups in total. The van der Waals surface area contributed by atoms with Gasteiger partial charge < -0.3 is 25.1 Å². The van der Waals surface area contributed by atoms with Crippen LogP contribution in [0.5, 0.6) is 5.75 Å². The predicted molar refractivity (Wildman–Crippen MR) is 133 cm³/mol. The molecule has 1 saturated heterocycles. The maximum absolute atomic E-state index is 12.2. The van der Waals surface area contributed by atoms with Gasteiger partial charge in [-0.3, -0.25) is 0 Å². The number of phenolic OH excluding ortho intramolecular Hbond substituents is 1. The van der Waals surface area contributed by atoms with E-state index in [1.54, 1.807) is 30.1 Å². The number of anilines is 1. The first-order valence-corrected chi connectivity index (χ1v) is 12.4. The van der Waals surface area contributed by atoms with Crippen LogP contribution in [0.1, 0.15) is 36.5 Å². The third-order valence-electron chi connectivity index (χ3n) is 5.64. The lowest BCUT2D eigenvalue weighted by atomic mass is 10.1. The van der Waals surface area contributed by atoms with E-state index >= 15 is 0 Å². The summed E-state index contributed by atoms with van der Waals surface area (Å²) in [4.78, 5) is 19.0. The second-order valence-electron chi connectivity index (χ2n) is 7.96. The van der Waals surface area contributed by atoms with Gasteiger partial charge in [-0.1, -0.05) is 25.1 Å². The average molecular weight is 467 g/mol. The number of nitrogens with one attached hydrogen (secondary N) is 2. The van der Waals surface area contributed by atoms with Gasteiger partial charge >= 0.3 is 6.03 Å². The molecule has 2 amide bonds. The van der Waals surface area contributed by atoms with Crippen LogP contribution in [0.2, 0.25) is 0 Å². The summed E-state index contributed by atoms with van der Waals surface area (Å²) in [6.45, 7) is 5.84. The normalized spacial score (nSPS) is 14.8. The van der Waals surface area contributed by atoms with Crippen LogP contribution in [-0.4, -0.2) is 53.0 Å². The summed E-state index contributed by atoms with van der Waals surface area (Å²) < 4.78 is 6.07. The molecule has 3 aromatic rings. The number of carbonyl (C=O) groups is 1. The van der Waals surface area contributed by atoms with E-state index in [0.717, 1.165) is 36.5 Å². The van der Waals surface area contributed by atoms with Crippen LogP contribution in [0.15, 0.2) is 59.1 Å². The Morgan fingerprint density at radius 1 is 1.18 bits per heavy atom. The Kier molecular flexibility index (Phi) is 7.91. The number of phenols is 1. The molecule has 0 saturated carbocycles. The number of hydrogen-bond donors (Lipinski definition) is 3. The van der Waals surface area contributed by atoms with Gasteiger partial charge in [-0.2, -0.15) is 0 Å². The number of likely N-dealkylation sites (tertiary alicyclic amines) is 1. The molecule has 1 aliphatic heterocycles. The number of aromatic hydroxyl groups is 1. The molecule has 8 heteroatoms. The summed E-state index contributed by atoms with van der Waals surface area (Å²) in [5.74, 6) is 2.29. The van der Waals surface area contributed by atoms with Crippen LogP contribution in [0.25, 0.3) is 11.3 Å². The van der Waals surface area contributed by atoms with E-state index in [0.29, 0.717) is 23.9 Å². The molecular formula is C25H30N4O3S. The number of rotatable bonds is 9. The number of oxazole rings is 1. The van der Waals surface area contributed by atoms with E-state index in [-0.39, 0.29) is 17.0 Å². The van der Waals surface area contributed by atoms with Crippen LogP contribution >= 0.6 is 11.8 Å². The molecule has 174 valence electrons. The Bertz CT molecular complexity index is 1050. The zero-order valence-corrected chi connectivity index (χ0v) is 19.6. The molecule has 1 unspecified atom stereocenters. The fourth-order valence-corrected chi connectivity index (χ4v) is 4.90. The molecule has 0 radical (unpaired) electrons. The van der Waals surface area contributed by atoms with Crippen LogP contribution in [0, 0.1) is 0 Å². The molecular weight excluding hydrogens is 436 g/mol. The quantitative estimate of drug-likeness (QED) is 0.406. The maximum Gasteiger partial charge on any atom is 0.319 e. The molecule has 2 heterocycles. The van der Waals surface area contributed by atoms with Crippen molar-refractivity contribution in [1.29, 1.82) is 0 Å². The first-order valence-electron chi connectivity index (χ1n) is 11.4. The van der Waals surface area contributed by atoms with E-state index in [1.165, 1.54) is 12.8 Å². The minimum atomic E-state index is -0.203. The fraction of sp³-hybridized carbons (Fsp3) is 0.360. The number of thioether (sulfide) groups is 1. The number of hydrogen-bond acceptors (Lipinski definition) is 6. The highest BCUT2D eigenvalue weighted by atomic mass is 32.2. The number of carbonyl (C=O) groups excluding carboxylic acids is 1. The van der Waals surface area contributed by atoms with Crippen molar-refractivity contribution in [3.8, 4) is 17.1 Å². The fourth-order valence-electron chi connectivity index (χ4n) is 3.94. The van der Waals surface area contributed by atoms with Gasteiger partial charge in [0.25, 0.3) is 0 Å². The number of amides is 2. The molecule has 0 spiro atoms. The summed E-state index contributed by atoms with van der Waals surface area (Å²) in [7, 11) is 0. The van der Waals surface area contributed by atoms with Crippen molar-refractivity contribution >= 4 is 23.5 Å². The molecule has 1 aromatic heterocycles. The number of para-hydroxylation sites is 1. The SMILES string of the molecule is CCSC(c1ncc(-c2ccc(NC(=O)NCCN3CCCC3)cc2)o1)c1ccccc1O. The summed E-state index contributed by atoms with van der Waals surface area (Å²) in [5, 5.41) is 15.9. The molecule has 4 rings (SSSR count). The molecule has 0 bridgehead atoms. The van der Waals surface area contributed by atoms with Crippen LogP contribution < -0.4 is 10.6 Å². The van der Waals surface area contributed by atoms with Crippen molar-refractivity contribution < 1.29 is 14.3 Å². The van der Waals surface area contributed by atoms with E-state index in [1.807, 2.05) is 36.4 Å². The zero-order valence-electron chi connectivity index (χ0n) is 18.8. The van der Waals surface area contributed by atoms with Crippen LogP contribution in [-0.2, 0) is 0 Å². The smallest absolute Gasteiger partial charge is 0.319 e. The van der Waals surface area contributed by atoms with E-state index < -0.39 is 0 Å². The number of aromatic nitrogens is 1. The van der Waals surface area contributed by atoms with Crippen molar-refractivity contribution in [3.63, 3.8) is 0 Å². The average Bonchev–Trinajstić information content (AvgIpc) is 3.51. The van der Waals surface area contributed by atoms with Crippen LogP contribution in [0.4, 0.5) is 10.5 Å². The molecule has 1 aliphatic rings. The molecule has 7 nitrogen and oxygen atoms in total. The minimum Gasteiger partial charge on any atom is -0.508 e. The second kappa shape index (κ2) is 11.2. The van der Waals surface area contributed by atoms with Gasteiger partial charge in [-0.15, -0.1) is 11.8 Å². The topological polar surface area (TPSA) is 90.6 Å². The van der Waals surface area contributed by atoms with Crippen molar-refractivity contribution in [2.75, 3.05) is 37.2 Å². The Morgan fingerprint density at radius 3 is 2.67 bits per heavy atom. The summed E-state index contributed by atoms with van der Waals surface area (Å²) >= 11 is 1.66. The molecule has 0 aliphatic carbocycles. The molecule has 1 atom stereocenters. The zero-order chi connectivity index (χ0) is 23.0. The van der Waals surface area contributed by atoms with Gasteiger partial charge in [0.05, 0.1) is 6.20 Å². The number of nitrogens with zero attached hydrogens (tertiary/aromatic N) is 2. The largest absolute Gasteiger partial charge is 0.508 e. The third kappa shape index (κ3) is 6.09. The Morgan fingerprint density at radius 2 is 1.94 bits per heavy atom. The van der Waals surface area contributed by atoms with E-state index in [4.69, 9.17) is 4.42 Å². The summed E-state index contributed by atoms with van der Waals surface area (Å²) in [6.07, 6.45) is 4.20. The van der Waals surface area contributed by atoms with Crippen molar-refractivity contribution in [3.05, 3.63) is 66.2 Å². The number of benzene rings is 2. The highest BCUT2D eigenvalue weighted by Gasteiger charge is 2.23. The Hall–Kier alpha value is -2.97. The molecule has 2 aromatic carbocycles. The Balaban J connectivity index is 1.37. The van der Waals surface area contributed by atoms with Crippen molar-refractivity contribution in [1.82, 2.24) is 15.2 Å². The predicted octanol–water partition coefficient (Wildman–Crippen LogP) is 5.11. The van der Waals surface area contributed by atoms with E-state index in [2.05, 4.69) is 27.4 Å². The maximum atomic E-state index is 12.2. The first kappa shape index (κ1) is 23.2. The van der Waals surface area contributed by atoms with Crippen LogP contribution in [0.3, 0.4) is 0 Å². The third-order valence-corrected chi connectivity index (χ3v) is 6.76.